The first-order valence-corrected chi connectivity index (χ1v) is 11.0. The van der Waals surface area contributed by atoms with Crippen molar-refractivity contribution >= 4 is 23.5 Å². The van der Waals surface area contributed by atoms with E-state index in [1.807, 2.05) is 6.92 Å². The number of benzene rings is 1. The molecule has 0 unspecified atom stereocenters. The average molecular weight is 411 g/mol. The van der Waals surface area contributed by atoms with Crippen LogP contribution < -0.4 is 4.74 Å². The molecule has 0 spiro atoms. The molecule has 5 heteroatoms. The van der Waals surface area contributed by atoms with Gasteiger partial charge < -0.3 is 9.47 Å². The minimum atomic E-state index is -0.353. The lowest BCUT2D eigenvalue weighted by Gasteiger charge is -2.07. The van der Waals surface area contributed by atoms with Gasteiger partial charge in [0.2, 0.25) is 0 Å². The maximum atomic E-state index is 11.8. The number of hydrogen-bond donors (Lipinski definition) is 0. The fraction of sp³-hybridized carbons (Fsp3) is 0.652. The van der Waals surface area contributed by atoms with Crippen LogP contribution in [-0.4, -0.2) is 18.5 Å². The molecular weight excluding hydrogens is 376 g/mol. The van der Waals surface area contributed by atoms with Gasteiger partial charge in [0.05, 0.1) is 6.61 Å². The first-order chi connectivity index (χ1) is 13.5. The van der Waals surface area contributed by atoms with Gasteiger partial charge in [0.1, 0.15) is 5.75 Å². The van der Waals surface area contributed by atoms with E-state index in [1.165, 1.54) is 44.9 Å². The van der Waals surface area contributed by atoms with Crippen LogP contribution in [0.2, 0.25) is 5.02 Å². The molecule has 158 valence electrons. The second kappa shape index (κ2) is 15.4. The Morgan fingerprint density at radius 1 is 0.857 bits per heavy atom. The summed E-state index contributed by atoms with van der Waals surface area (Å²) in [6.45, 7) is 4.56. The molecule has 1 rings (SSSR count). The Bertz CT molecular complexity index is 586. The van der Waals surface area contributed by atoms with E-state index in [-0.39, 0.29) is 24.8 Å². The van der Waals surface area contributed by atoms with Crippen molar-refractivity contribution in [1.82, 2.24) is 0 Å². The maximum absolute atomic E-state index is 11.8. The lowest BCUT2D eigenvalue weighted by atomic mass is 10.1. The molecule has 0 amide bonds. The zero-order valence-electron chi connectivity index (χ0n) is 17.4. The van der Waals surface area contributed by atoms with Gasteiger partial charge in [-0.25, -0.2) is 0 Å². The number of rotatable bonds is 15. The molecule has 0 aliphatic rings. The molecule has 0 atom stereocenters. The van der Waals surface area contributed by atoms with Gasteiger partial charge in [-0.05, 0) is 43.5 Å². The first-order valence-electron chi connectivity index (χ1n) is 10.7. The van der Waals surface area contributed by atoms with Crippen molar-refractivity contribution in [1.29, 1.82) is 0 Å². The van der Waals surface area contributed by atoms with Gasteiger partial charge in [0, 0.05) is 17.9 Å². The SMILES string of the molecule is CCCCCCCCCCCOC(=O)CCCC(=O)Oc1ccc(Cl)c(C)c1. The van der Waals surface area contributed by atoms with Crippen LogP contribution in [0.4, 0.5) is 0 Å². The summed E-state index contributed by atoms with van der Waals surface area (Å²) in [5.41, 5.74) is 0.854. The monoisotopic (exact) mass is 410 g/mol. The van der Waals surface area contributed by atoms with Crippen LogP contribution in [0.25, 0.3) is 0 Å². The van der Waals surface area contributed by atoms with Crippen molar-refractivity contribution in [3.63, 3.8) is 0 Å². The first kappa shape index (κ1) is 24.5. The largest absolute Gasteiger partial charge is 0.466 e. The third-order valence-corrected chi connectivity index (χ3v) is 5.06. The van der Waals surface area contributed by atoms with Gasteiger partial charge in [-0.2, -0.15) is 0 Å². The molecular formula is C23H35ClO4. The molecule has 0 saturated heterocycles. The minimum Gasteiger partial charge on any atom is -0.466 e. The number of hydrogen-bond acceptors (Lipinski definition) is 4. The standard InChI is InChI=1S/C23H35ClO4/c1-3-4-5-6-7-8-9-10-11-17-27-22(25)13-12-14-23(26)28-20-15-16-21(24)19(2)18-20/h15-16,18H,3-14,17H2,1-2H3. The molecule has 1 aromatic carbocycles. The minimum absolute atomic E-state index is 0.189. The van der Waals surface area contributed by atoms with Crippen molar-refractivity contribution < 1.29 is 19.1 Å². The summed E-state index contributed by atoms with van der Waals surface area (Å²) in [6, 6.07) is 5.08. The van der Waals surface area contributed by atoms with Gasteiger partial charge >= 0.3 is 11.9 Å². The van der Waals surface area contributed by atoms with Crippen LogP contribution in [0.3, 0.4) is 0 Å². The van der Waals surface area contributed by atoms with E-state index in [0.29, 0.717) is 23.8 Å². The summed E-state index contributed by atoms with van der Waals surface area (Å²) in [6.07, 6.45) is 12.0. The molecule has 0 radical (unpaired) electrons. The number of carbonyl (C=O) groups is 2. The second-order valence-corrected chi connectivity index (χ2v) is 7.69. The molecule has 0 fully saturated rings. The number of carbonyl (C=O) groups excluding carboxylic acids is 2. The maximum Gasteiger partial charge on any atom is 0.311 e. The number of unbranched alkanes of at least 4 members (excludes halogenated alkanes) is 8. The van der Waals surface area contributed by atoms with E-state index in [2.05, 4.69) is 6.92 Å². The number of esters is 2. The second-order valence-electron chi connectivity index (χ2n) is 7.29. The van der Waals surface area contributed by atoms with Crippen molar-refractivity contribution in [2.75, 3.05) is 6.61 Å². The normalized spacial score (nSPS) is 10.7. The van der Waals surface area contributed by atoms with Crippen LogP contribution >= 0.6 is 11.6 Å². The highest BCUT2D eigenvalue weighted by atomic mass is 35.5. The van der Waals surface area contributed by atoms with E-state index >= 15 is 0 Å². The van der Waals surface area contributed by atoms with Gasteiger partial charge in [-0.15, -0.1) is 0 Å². The van der Waals surface area contributed by atoms with Gasteiger partial charge in [-0.3, -0.25) is 9.59 Å². The molecule has 4 nitrogen and oxygen atoms in total. The number of halogens is 1. The predicted octanol–water partition coefficient (Wildman–Crippen LogP) is 6.80. The molecule has 0 aliphatic carbocycles. The van der Waals surface area contributed by atoms with Crippen molar-refractivity contribution in [3.05, 3.63) is 28.8 Å². The van der Waals surface area contributed by atoms with Crippen LogP contribution in [0.5, 0.6) is 5.75 Å². The zero-order chi connectivity index (χ0) is 20.6. The van der Waals surface area contributed by atoms with Crippen molar-refractivity contribution in [2.24, 2.45) is 0 Å². The smallest absolute Gasteiger partial charge is 0.311 e. The summed E-state index contributed by atoms with van der Waals surface area (Å²) in [5.74, 6) is -0.122. The highest BCUT2D eigenvalue weighted by Crippen LogP contribution is 2.21. The van der Waals surface area contributed by atoms with Gasteiger partial charge in [-0.1, -0.05) is 69.9 Å². The molecule has 0 bridgehead atoms. The lowest BCUT2D eigenvalue weighted by Crippen LogP contribution is -2.10. The van der Waals surface area contributed by atoms with E-state index in [0.717, 1.165) is 18.4 Å². The van der Waals surface area contributed by atoms with Crippen LogP contribution in [0.15, 0.2) is 18.2 Å². The molecule has 0 aliphatic heterocycles. The van der Waals surface area contributed by atoms with Crippen LogP contribution in [0, 0.1) is 6.92 Å². The zero-order valence-corrected chi connectivity index (χ0v) is 18.2. The third-order valence-electron chi connectivity index (χ3n) is 4.63. The quantitative estimate of drug-likeness (QED) is 0.181. The molecule has 0 heterocycles. The third kappa shape index (κ3) is 12.0. The van der Waals surface area contributed by atoms with Crippen molar-refractivity contribution in [3.8, 4) is 5.75 Å². The Morgan fingerprint density at radius 3 is 2.11 bits per heavy atom. The predicted molar refractivity (Wildman–Crippen MR) is 114 cm³/mol. The Morgan fingerprint density at radius 2 is 1.46 bits per heavy atom. The average Bonchev–Trinajstić information content (AvgIpc) is 2.66. The summed E-state index contributed by atoms with van der Waals surface area (Å²) in [7, 11) is 0. The van der Waals surface area contributed by atoms with Crippen molar-refractivity contribution in [2.45, 2.75) is 90.9 Å². The summed E-state index contributed by atoms with van der Waals surface area (Å²) >= 11 is 5.94. The highest BCUT2D eigenvalue weighted by molar-refractivity contribution is 6.31. The van der Waals surface area contributed by atoms with Gasteiger partial charge in [0.25, 0.3) is 0 Å². The topological polar surface area (TPSA) is 52.6 Å². The fourth-order valence-corrected chi connectivity index (χ4v) is 3.03. The lowest BCUT2D eigenvalue weighted by molar-refractivity contribution is -0.144. The Labute approximate surface area is 174 Å². The summed E-state index contributed by atoms with van der Waals surface area (Å²) in [4.78, 5) is 23.5. The van der Waals surface area contributed by atoms with E-state index in [9.17, 15) is 9.59 Å². The molecule has 0 N–H and O–H groups in total. The van der Waals surface area contributed by atoms with Crippen LogP contribution in [-0.2, 0) is 14.3 Å². The van der Waals surface area contributed by atoms with Crippen LogP contribution in [0.1, 0.15) is 89.5 Å². The number of aryl methyl sites for hydroxylation is 1. The Hall–Kier alpha value is -1.55. The summed E-state index contributed by atoms with van der Waals surface area (Å²) in [5, 5.41) is 0.634. The van der Waals surface area contributed by atoms with E-state index < -0.39 is 0 Å². The molecule has 1 aromatic rings. The number of ether oxygens (including phenoxy) is 2. The molecule has 0 saturated carbocycles. The molecule has 0 aromatic heterocycles. The van der Waals surface area contributed by atoms with E-state index in [4.69, 9.17) is 21.1 Å². The summed E-state index contributed by atoms with van der Waals surface area (Å²) < 4.78 is 10.5. The fourth-order valence-electron chi connectivity index (χ4n) is 2.91. The Balaban J connectivity index is 1.98. The van der Waals surface area contributed by atoms with Gasteiger partial charge in [0.15, 0.2) is 0 Å². The molecule has 28 heavy (non-hydrogen) atoms. The van der Waals surface area contributed by atoms with E-state index in [1.54, 1.807) is 18.2 Å². The highest BCUT2D eigenvalue weighted by Gasteiger charge is 2.09. The Kier molecular flexibility index (Phi) is 13.5.